The van der Waals surface area contributed by atoms with E-state index in [4.69, 9.17) is 4.84 Å². The van der Waals surface area contributed by atoms with Gasteiger partial charge < -0.3 is 0 Å². The maximum Gasteiger partial charge on any atom is 0.135 e. The first-order valence-corrected chi connectivity index (χ1v) is 3.76. The summed E-state index contributed by atoms with van der Waals surface area (Å²) in [4.78, 5) is 5.04. The van der Waals surface area contributed by atoms with Crippen LogP contribution in [0.1, 0.15) is 6.92 Å². The van der Waals surface area contributed by atoms with Crippen LogP contribution >= 0.6 is 0 Å². The lowest BCUT2D eigenvalue weighted by molar-refractivity contribution is 0.234. The van der Waals surface area contributed by atoms with Crippen molar-refractivity contribution in [2.24, 2.45) is 0 Å². The van der Waals surface area contributed by atoms with E-state index in [0.29, 0.717) is 6.61 Å². The minimum absolute atomic E-state index is 0.408. The predicted molar refractivity (Wildman–Crippen MR) is 49.5 cm³/mol. The first-order chi connectivity index (χ1) is 5.93. The van der Waals surface area contributed by atoms with Crippen LogP contribution in [0.4, 0.5) is 5.69 Å². The summed E-state index contributed by atoms with van der Waals surface area (Å²) in [6.45, 7) is 2.19. The van der Waals surface area contributed by atoms with E-state index in [1.165, 1.54) is 0 Å². The molecule has 0 saturated heterocycles. The Labute approximate surface area is 72.5 Å². The van der Waals surface area contributed by atoms with Crippen LogP contribution in [-0.2, 0) is 4.84 Å². The van der Waals surface area contributed by atoms with E-state index in [-0.39, 0.29) is 0 Å². The van der Waals surface area contributed by atoms with Gasteiger partial charge in [-0.25, -0.2) is 0 Å². The summed E-state index contributed by atoms with van der Waals surface area (Å²) in [5, 5.41) is 0. The molecule has 0 aliphatic rings. The monoisotopic (exact) mass is 161 g/mol. The van der Waals surface area contributed by atoms with E-state index < -0.39 is 0 Å². The van der Waals surface area contributed by atoms with Gasteiger partial charge in [0.25, 0.3) is 0 Å². The molecule has 0 fully saturated rings. The number of rotatable bonds is 3. The Kier molecular flexibility index (Phi) is 3.76. The van der Waals surface area contributed by atoms with E-state index in [2.05, 4.69) is 17.3 Å². The van der Waals surface area contributed by atoms with Gasteiger partial charge in [-0.3, -0.25) is 10.3 Å². The van der Waals surface area contributed by atoms with Crippen LogP contribution in [0.2, 0.25) is 0 Å². The molecule has 1 aromatic rings. The van der Waals surface area contributed by atoms with Crippen molar-refractivity contribution in [1.82, 2.24) is 0 Å². The fraction of sp³-hybridized carbons (Fsp3) is 0.200. The number of anilines is 1. The highest BCUT2D eigenvalue weighted by Crippen LogP contribution is 2.03. The zero-order valence-corrected chi connectivity index (χ0v) is 7.00. The van der Waals surface area contributed by atoms with E-state index >= 15 is 0 Å². The van der Waals surface area contributed by atoms with Crippen molar-refractivity contribution in [2.45, 2.75) is 6.92 Å². The minimum Gasteiger partial charge on any atom is -0.266 e. The fourth-order valence-corrected chi connectivity index (χ4v) is 0.734. The molecular weight excluding hydrogens is 150 g/mol. The van der Waals surface area contributed by atoms with Gasteiger partial charge in [0.1, 0.15) is 6.61 Å². The average Bonchev–Trinajstić information content (AvgIpc) is 2.14. The van der Waals surface area contributed by atoms with Crippen LogP contribution in [0.25, 0.3) is 0 Å². The number of nitrogens with one attached hydrogen (secondary N) is 1. The van der Waals surface area contributed by atoms with Crippen molar-refractivity contribution in [3.63, 3.8) is 0 Å². The average molecular weight is 161 g/mol. The lowest BCUT2D eigenvalue weighted by atomic mass is 10.3. The first kappa shape index (κ1) is 8.63. The summed E-state index contributed by atoms with van der Waals surface area (Å²) < 4.78 is 0. The lowest BCUT2D eigenvalue weighted by Gasteiger charge is -2.02. The van der Waals surface area contributed by atoms with Crippen LogP contribution in [0, 0.1) is 11.8 Å². The second-order valence-electron chi connectivity index (χ2n) is 2.18. The maximum atomic E-state index is 5.04. The Morgan fingerprint density at radius 3 is 2.75 bits per heavy atom. The fourth-order valence-electron chi connectivity index (χ4n) is 0.734. The molecule has 0 bridgehead atoms. The topological polar surface area (TPSA) is 21.3 Å². The standard InChI is InChI=1S/C10H11NO/c1-2-3-9-12-11-10-7-5-4-6-8-10/h4-8,11H,9H2,1H3. The molecule has 0 saturated carbocycles. The van der Waals surface area contributed by atoms with Gasteiger partial charge in [-0.1, -0.05) is 24.1 Å². The third kappa shape index (κ3) is 3.09. The third-order valence-electron chi connectivity index (χ3n) is 1.28. The molecule has 1 aromatic carbocycles. The highest BCUT2D eigenvalue weighted by atomic mass is 16.6. The summed E-state index contributed by atoms with van der Waals surface area (Å²) in [6, 6.07) is 9.70. The maximum absolute atomic E-state index is 5.04. The Bertz CT molecular complexity index is 271. The number of hydrogen-bond donors (Lipinski definition) is 1. The molecule has 12 heavy (non-hydrogen) atoms. The molecule has 2 nitrogen and oxygen atoms in total. The minimum atomic E-state index is 0.408. The molecule has 62 valence electrons. The summed E-state index contributed by atoms with van der Waals surface area (Å²) in [5.74, 6) is 5.52. The van der Waals surface area contributed by atoms with Crippen molar-refractivity contribution >= 4 is 5.69 Å². The molecule has 0 aliphatic carbocycles. The van der Waals surface area contributed by atoms with Gasteiger partial charge in [0.15, 0.2) is 0 Å². The molecule has 0 aliphatic heterocycles. The van der Waals surface area contributed by atoms with E-state index in [0.717, 1.165) is 5.69 Å². The van der Waals surface area contributed by atoms with E-state index in [1.807, 2.05) is 30.3 Å². The molecule has 0 heterocycles. The van der Waals surface area contributed by atoms with Crippen molar-refractivity contribution < 1.29 is 4.84 Å². The molecule has 0 unspecified atom stereocenters. The molecule has 0 aromatic heterocycles. The van der Waals surface area contributed by atoms with Gasteiger partial charge in [-0.15, -0.1) is 5.92 Å². The summed E-state index contributed by atoms with van der Waals surface area (Å²) in [7, 11) is 0. The highest BCUT2D eigenvalue weighted by molar-refractivity contribution is 5.40. The van der Waals surface area contributed by atoms with Gasteiger partial charge in [-0.05, 0) is 19.1 Å². The molecule has 1 rings (SSSR count). The van der Waals surface area contributed by atoms with Crippen LogP contribution in [0.5, 0.6) is 0 Å². The third-order valence-corrected chi connectivity index (χ3v) is 1.28. The van der Waals surface area contributed by atoms with Crippen molar-refractivity contribution in [3.8, 4) is 11.8 Å². The summed E-state index contributed by atoms with van der Waals surface area (Å²) >= 11 is 0. The normalized spacial score (nSPS) is 8.42. The second-order valence-corrected chi connectivity index (χ2v) is 2.18. The highest BCUT2D eigenvalue weighted by Gasteiger charge is 1.85. The van der Waals surface area contributed by atoms with E-state index in [9.17, 15) is 0 Å². The van der Waals surface area contributed by atoms with Crippen LogP contribution in [0.15, 0.2) is 30.3 Å². The molecule has 0 atom stereocenters. The Hall–Kier alpha value is -1.46. The molecular formula is C10H11NO. The van der Waals surface area contributed by atoms with Crippen molar-refractivity contribution in [1.29, 1.82) is 0 Å². The Morgan fingerprint density at radius 2 is 2.08 bits per heavy atom. The van der Waals surface area contributed by atoms with E-state index in [1.54, 1.807) is 6.92 Å². The van der Waals surface area contributed by atoms with Gasteiger partial charge in [0.2, 0.25) is 0 Å². The van der Waals surface area contributed by atoms with Gasteiger partial charge in [-0.2, -0.15) is 0 Å². The second kappa shape index (κ2) is 5.22. The molecule has 1 N–H and O–H groups in total. The van der Waals surface area contributed by atoms with Gasteiger partial charge in [0, 0.05) is 0 Å². The molecule has 2 heteroatoms. The number of para-hydroxylation sites is 1. The van der Waals surface area contributed by atoms with Gasteiger partial charge >= 0.3 is 0 Å². The zero-order chi connectivity index (χ0) is 8.65. The quantitative estimate of drug-likeness (QED) is 0.416. The summed E-state index contributed by atoms with van der Waals surface area (Å²) in [5.41, 5.74) is 3.72. The van der Waals surface area contributed by atoms with Crippen LogP contribution in [-0.4, -0.2) is 6.61 Å². The smallest absolute Gasteiger partial charge is 0.135 e. The molecule has 0 radical (unpaired) electrons. The zero-order valence-electron chi connectivity index (χ0n) is 7.00. The first-order valence-electron chi connectivity index (χ1n) is 3.76. The molecule has 0 spiro atoms. The largest absolute Gasteiger partial charge is 0.266 e. The summed E-state index contributed by atoms with van der Waals surface area (Å²) in [6.07, 6.45) is 0. The predicted octanol–water partition coefficient (Wildman–Crippen LogP) is 2.05. The Morgan fingerprint density at radius 1 is 1.33 bits per heavy atom. The lowest BCUT2D eigenvalue weighted by Crippen LogP contribution is -2.00. The number of hydrogen-bond acceptors (Lipinski definition) is 2. The van der Waals surface area contributed by atoms with Crippen LogP contribution < -0.4 is 5.48 Å². The van der Waals surface area contributed by atoms with Crippen molar-refractivity contribution in [2.75, 3.05) is 12.1 Å². The van der Waals surface area contributed by atoms with Crippen LogP contribution in [0.3, 0.4) is 0 Å². The Balaban J connectivity index is 2.27. The van der Waals surface area contributed by atoms with Gasteiger partial charge in [0.05, 0.1) is 5.69 Å². The number of benzene rings is 1. The van der Waals surface area contributed by atoms with Crippen molar-refractivity contribution in [3.05, 3.63) is 30.3 Å². The molecule has 0 amide bonds. The SMILES string of the molecule is CC#CCONc1ccccc1.